The number of nitrogens with zero attached hydrogens (tertiary/aromatic N) is 2. The molecule has 1 aromatic heterocycles. The van der Waals surface area contributed by atoms with Gasteiger partial charge in [-0.15, -0.1) is 0 Å². The van der Waals surface area contributed by atoms with Crippen molar-refractivity contribution >= 4 is 24.5 Å². The molecule has 0 unspecified atom stereocenters. The summed E-state index contributed by atoms with van der Waals surface area (Å²) < 4.78 is 63.7. The van der Waals surface area contributed by atoms with Crippen molar-refractivity contribution in [3.8, 4) is 0 Å². The summed E-state index contributed by atoms with van der Waals surface area (Å²) in [5.41, 5.74) is 9.33. The second kappa shape index (κ2) is 15.9. The molecule has 1 saturated heterocycles. The number of aromatic nitrogens is 1. The molecule has 8 nitrogen and oxygen atoms in total. The van der Waals surface area contributed by atoms with Crippen LogP contribution in [0.5, 0.6) is 0 Å². The summed E-state index contributed by atoms with van der Waals surface area (Å²) in [6.07, 6.45) is -2.41. The van der Waals surface area contributed by atoms with E-state index in [-0.39, 0.29) is 81.8 Å². The van der Waals surface area contributed by atoms with Gasteiger partial charge in [0, 0.05) is 18.7 Å². The number of carbonyl (C=O) groups excluding carboxylic acids is 1. The van der Waals surface area contributed by atoms with Crippen molar-refractivity contribution < 1.29 is 56.3 Å². The van der Waals surface area contributed by atoms with E-state index >= 15 is 8.78 Å². The molecule has 3 atom stereocenters. The second-order valence-corrected chi connectivity index (χ2v) is 11.9. The molecule has 0 spiro atoms. The molecule has 13 heteroatoms. The number of carbonyl (C=O) groups is 1. The minimum absolute atomic E-state index is 0. The normalized spacial score (nSPS) is 18.2. The van der Waals surface area contributed by atoms with Crippen molar-refractivity contribution in [1.82, 2.24) is 14.6 Å². The van der Waals surface area contributed by atoms with E-state index in [1.165, 1.54) is 6.92 Å². The van der Waals surface area contributed by atoms with Crippen LogP contribution in [0.3, 0.4) is 0 Å². The van der Waals surface area contributed by atoms with Gasteiger partial charge in [0.15, 0.2) is 0 Å². The number of likely N-dealkylation sites (tertiary alicyclic amines) is 1. The van der Waals surface area contributed by atoms with E-state index < -0.39 is 40.2 Å². The molecule has 1 aliphatic heterocycles. The third-order valence-electron chi connectivity index (χ3n) is 7.13. The number of hydrogen-bond acceptors (Lipinski definition) is 6. The van der Waals surface area contributed by atoms with Crippen LogP contribution in [0, 0.1) is 12.7 Å². The standard InChI is InChI=1S/C29H34F2N4O4S.BH4.Na/c1-3-40(37,38)34-28-24(30)17-35(29(36)39-18-20-8-5-4-6-9-20)26(28)15-22-11-7-10-21(27(22)31)14-25-19(2)12-13-23(16-32)33-25;;/h4-13,24,26,28,34H,3,14-18,32H2,1-2H3;1H4;/q;-1;+1/t24-,26-,28-;;/m0../s1. The van der Waals surface area contributed by atoms with Crippen LogP contribution < -0.4 is 40.0 Å². The smallest absolute Gasteiger partial charge is 0.445 e. The van der Waals surface area contributed by atoms with Crippen LogP contribution in [0.15, 0.2) is 60.7 Å². The number of halogens is 2. The molecule has 4 rings (SSSR count). The molecule has 0 radical (unpaired) electrons. The van der Waals surface area contributed by atoms with E-state index in [1.54, 1.807) is 42.5 Å². The molecule has 2 heterocycles. The number of benzene rings is 2. The minimum Gasteiger partial charge on any atom is -0.445 e. The fourth-order valence-corrected chi connectivity index (χ4v) is 5.69. The van der Waals surface area contributed by atoms with Gasteiger partial charge in [0.25, 0.3) is 0 Å². The van der Waals surface area contributed by atoms with Gasteiger partial charge in [-0.2, -0.15) is 0 Å². The van der Waals surface area contributed by atoms with Crippen molar-refractivity contribution in [3.63, 3.8) is 0 Å². The van der Waals surface area contributed by atoms with Crippen molar-refractivity contribution in [2.24, 2.45) is 5.73 Å². The molecule has 2 aromatic carbocycles. The number of sulfonamides is 1. The topological polar surface area (TPSA) is 115 Å². The number of aryl methyl sites for hydroxylation is 1. The molecular formula is C29H38BF2N4NaO4S. The summed E-state index contributed by atoms with van der Waals surface area (Å²) in [6, 6.07) is 15.3. The number of nitrogens with one attached hydrogen (secondary N) is 1. The van der Waals surface area contributed by atoms with Crippen molar-refractivity contribution in [1.29, 1.82) is 0 Å². The maximum absolute atomic E-state index is 15.8. The molecule has 42 heavy (non-hydrogen) atoms. The molecule has 222 valence electrons. The van der Waals surface area contributed by atoms with Crippen molar-refractivity contribution in [2.45, 2.75) is 58.1 Å². The number of rotatable bonds is 10. The van der Waals surface area contributed by atoms with Crippen molar-refractivity contribution in [3.05, 3.63) is 100 Å². The molecular weight excluding hydrogens is 572 g/mol. The van der Waals surface area contributed by atoms with Gasteiger partial charge in [-0.1, -0.05) is 63.0 Å². The average molecular weight is 611 g/mol. The summed E-state index contributed by atoms with van der Waals surface area (Å²) in [4.78, 5) is 18.8. The van der Waals surface area contributed by atoms with Crippen LogP contribution in [0.1, 0.15) is 40.6 Å². The van der Waals surface area contributed by atoms with Crippen LogP contribution in [-0.2, 0) is 40.8 Å². The number of ether oxygens (including phenoxy) is 1. The minimum atomic E-state index is -3.82. The Hall–Kier alpha value is -2.35. The zero-order valence-electron chi connectivity index (χ0n) is 23.5. The van der Waals surface area contributed by atoms with Crippen LogP contribution in [0.4, 0.5) is 13.6 Å². The SMILES string of the molecule is CCS(=O)(=O)N[C@H]1[C@@H](F)CN(C(=O)OCc2ccccc2)[C@H]1Cc1cccc(Cc2nc(CN)ccc2C)c1F.[BH4-].[Na+]. The van der Waals surface area contributed by atoms with Gasteiger partial charge in [0.2, 0.25) is 10.0 Å². The number of amides is 1. The van der Waals surface area contributed by atoms with Gasteiger partial charge in [0.05, 0.1) is 30.1 Å². The molecule has 0 bridgehead atoms. The van der Waals surface area contributed by atoms with Gasteiger partial charge >= 0.3 is 35.7 Å². The molecule has 0 aliphatic carbocycles. The third-order valence-corrected chi connectivity index (χ3v) is 8.52. The van der Waals surface area contributed by atoms with Gasteiger partial charge in [-0.05, 0) is 48.6 Å². The molecule has 1 aliphatic rings. The number of alkyl halides is 1. The number of hydrogen-bond donors (Lipinski definition) is 2. The number of pyridine rings is 1. The summed E-state index contributed by atoms with van der Waals surface area (Å²) in [5, 5.41) is 0. The Kier molecular flexibility index (Phi) is 13.6. The third kappa shape index (κ3) is 8.84. The van der Waals surface area contributed by atoms with Crippen molar-refractivity contribution in [2.75, 3.05) is 12.3 Å². The maximum atomic E-state index is 15.8. The Balaban J connectivity index is 0.00000308. The first kappa shape index (κ1) is 35.8. The maximum Gasteiger partial charge on any atom is 1.00 e. The first-order valence-electron chi connectivity index (χ1n) is 13.1. The largest absolute Gasteiger partial charge is 1.00 e. The molecule has 1 fully saturated rings. The second-order valence-electron chi connectivity index (χ2n) is 9.86. The summed E-state index contributed by atoms with van der Waals surface area (Å²) >= 11 is 0. The Morgan fingerprint density at radius 3 is 2.48 bits per heavy atom. The number of nitrogens with two attached hydrogens (primary N) is 1. The summed E-state index contributed by atoms with van der Waals surface area (Å²) in [5.74, 6) is -0.779. The van der Waals surface area contributed by atoms with Gasteiger partial charge in [-0.3, -0.25) is 4.98 Å². The summed E-state index contributed by atoms with van der Waals surface area (Å²) in [7, 11) is -3.82. The van der Waals surface area contributed by atoms with E-state index in [1.807, 2.05) is 25.1 Å². The predicted octanol–water partition coefficient (Wildman–Crippen LogP) is -0.659. The van der Waals surface area contributed by atoms with Crippen LogP contribution in [-0.4, -0.2) is 63.4 Å². The van der Waals surface area contributed by atoms with Gasteiger partial charge < -0.3 is 15.4 Å². The molecule has 3 N–H and O–H groups in total. The van der Waals surface area contributed by atoms with E-state index in [4.69, 9.17) is 10.5 Å². The summed E-state index contributed by atoms with van der Waals surface area (Å²) in [6.45, 7) is 3.15. The quantitative estimate of drug-likeness (QED) is 0.295. The average Bonchev–Trinajstić information content (AvgIpc) is 3.25. The van der Waals surface area contributed by atoms with Crippen LogP contribution in [0.25, 0.3) is 0 Å². The van der Waals surface area contributed by atoms with Gasteiger partial charge in [-0.25, -0.2) is 26.7 Å². The Bertz CT molecular complexity index is 1450. The Labute approximate surface area is 270 Å². The zero-order valence-corrected chi connectivity index (χ0v) is 26.3. The first-order valence-corrected chi connectivity index (χ1v) is 14.8. The Morgan fingerprint density at radius 1 is 1.12 bits per heavy atom. The van der Waals surface area contributed by atoms with Crippen LogP contribution >= 0.6 is 0 Å². The molecule has 3 aromatic rings. The monoisotopic (exact) mass is 610 g/mol. The van der Waals surface area contributed by atoms with E-state index in [0.29, 0.717) is 17.0 Å². The predicted molar refractivity (Wildman–Crippen MR) is 160 cm³/mol. The fourth-order valence-electron chi connectivity index (χ4n) is 4.81. The molecule has 0 saturated carbocycles. The fraction of sp³-hybridized carbons (Fsp3) is 0.379. The Morgan fingerprint density at radius 2 is 1.81 bits per heavy atom. The van der Waals surface area contributed by atoms with Gasteiger partial charge in [0.1, 0.15) is 18.6 Å². The van der Waals surface area contributed by atoms with E-state index in [0.717, 1.165) is 16.0 Å². The first-order chi connectivity index (χ1) is 19.1. The molecule has 1 amide bonds. The van der Waals surface area contributed by atoms with E-state index in [9.17, 15) is 13.2 Å². The van der Waals surface area contributed by atoms with Crippen LogP contribution in [0.2, 0.25) is 0 Å². The van der Waals surface area contributed by atoms with E-state index in [2.05, 4.69) is 9.71 Å². The zero-order chi connectivity index (χ0) is 28.9.